The Balaban J connectivity index is 1.60. The zero-order valence-corrected chi connectivity index (χ0v) is 17.2. The van der Waals surface area contributed by atoms with E-state index in [-0.39, 0.29) is 29.0 Å². The number of rotatable bonds is 5. The number of fused-ring (bicyclic) bond motifs is 1. The van der Waals surface area contributed by atoms with E-state index < -0.39 is 10.0 Å². The van der Waals surface area contributed by atoms with E-state index in [1.54, 1.807) is 30.5 Å². The Kier molecular flexibility index (Phi) is 5.57. The molecule has 152 valence electrons. The summed E-state index contributed by atoms with van der Waals surface area (Å²) in [4.78, 5) is 31.2. The summed E-state index contributed by atoms with van der Waals surface area (Å²) in [5.74, 6) is -0.415. The van der Waals surface area contributed by atoms with Gasteiger partial charge in [0.15, 0.2) is 0 Å². The second-order valence-corrected chi connectivity index (χ2v) is 9.75. The number of hydrogen-bond acceptors (Lipinski definition) is 6. The lowest BCUT2D eigenvalue weighted by Gasteiger charge is -2.29. The second-order valence-electron chi connectivity index (χ2n) is 6.80. The minimum atomic E-state index is -3.61. The quantitative estimate of drug-likeness (QED) is 0.775. The van der Waals surface area contributed by atoms with Gasteiger partial charge in [0.2, 0.25) is 21.8 Å². The van der Waals surface area contributed by atoms with Gasteiger partial charge in [0, 0.05) is 24.2 Å². The molecule has 0 unspecified atom stereocenters. The van der Waals surface area contributed by atoms with E-state index in [9.17, 15) is 18.0 Å². The zero-order valence-electron chi connectivity index (χ0n) is 15.6. The number of sulfonamides is 1. The molecule has 2 aromatic rings. The maximum absolute atomic E-state index is 12.9. The molecule has 1 N–H and O–H groups in total. The molecule has 3 heterocycles. The maximum atomic E-state index is 12.9. The van der Waals surface area contributed by atoms with Gasteiger partial charge in [-0.05, 0) is 43.2 Å². The third kappa shape index (κ3) is 4.14. The fourth-order valence-corrected chi connectivity index (χ4v) is 5.83. The third-order valence-electron chi connectivity index (χ3n) is 4.82. The van der Waals surface area contributed by atoms with E-state index in [1.807, 2.05) is 0 Å². The van der Waals surface area contributed by atoms with Crippen molar-refractivity contribution in [3.8, 4) is 0 Å². The summed E-state index contributed by atoms with van der Waals surface area (Å²) in [6.07, 6.45) is 4.80. The molecule has 1 fully saturated rings. The minimum Gasteiger partial charge on any atom is -0.323 e. The molecule has 1 saturated heterocycles. The SMILES string of the molecule is O=C(CN1C(=O)CSc2ccc(S(=O)(=O)N3CCCC3)cc21)Nc1cccnc1. The van der Waals surface area contributed by atoms with Gasteiger partial charge in [-0.15, -0.1) is 11.8 Å². The van der Waals surface area contributed by atoms with Crippen LogP contribution in [0.3, 0.4) is 0 Å². The number of nitrogens with zero attached hydrogens (tertiary/aromatic N) is 3. The van der Waals surface area contributed by atoms with Crippen LogP contribution in [0.4, 0.5) is 11.4 Å². The predicted molar refractivity (Wildman–Crippen MR) is 110 cm³/mol. The molecule has 10 heteroatoms. The molecule has 0 bridgehead atoms. The minimum absolute atomic E-state index is 0.145. The zero-order chi connectivity index (χ0) is 20.4. The van der Waals surface area contributed by atoms with Crippen LogP contribution in [0.5, 0.6) is 0 Å². The van der Waals surface area contributed by atoms with Gasteiger partial charge < -0.3 is 10.2 Å². The summed E-state index contributed by atoms with van der Waals surface area (Å²) in [5, 5.41) is 2.70. The van der Waals surface area contributed by atoms with E-state index in [4.69, 9.17) is 0 Å². The normalized spacial score (nSPS) is 17.2. The number of amides is 2. The standard InChI is InChI=1S/C19H20N4O4S2/c24-18(21-14-4-3-7-20-11-14)12-23-16-10-15(5-6-17(16)28-13-19(23)25)29(26,27)22-8-1-2-9-22/h3-7,10-11H,1-2,8-9,12-13H2,(H,21,24). The summed E-state index contributed by atoms with van der Waals surface area (Å²) in [7, 11) is -3.61. The van der Waals surface area contributed by atoms with Gasteiger partial charge >= 0.3 is 0 Å². The highest BCUT2D eigenvalue weighted by molar-refractivity contribution is 8.00. The van der Waals surface area contributed by atoms with E-state index >= 15 is 0 Å². The van der Waals surface area contributed by atoms with Crippen LogP contribution in [0.1, 0.15) is 12.8 Å². The second kappa shape index (κ2) is 8.13. The van der Waals surface area contributed by atoms with Gasteiger partial charge in [-0.2, -0.15) is 4.31 Å². The molecule has 0 aliphatic carbocycles. The van der Waals surface area contributed by atoms with E-state index in [0.717, 1.165) is 17.7 Å². The number of nitrogens with one attached hydrogen (secondary N) is 1. The van der Waals surface area contributed by atoms with Crippen molar-refractivity contribution in [1.82, 2.24) is 9.29 Å². The topological polar surface area (TPSA) is 99.7 Å². The Bertz CT molecular complexity index is 1040. The summed E-state index contributed by atoms with van der Waals surface area (Å²) in [5.41, 5.74) is 0.981. The maximum Gasteiger partial charge on any atom is 0.244 e. The van der Waals surface area contributed by atoms with Crippen molar-refractivity contribution < 1.29 is 18.0 Å². The first-order chi connectivity index (χ1) is 13.9. The van der Waals surface area contributed by atoms with E-state index in [2.05, 4.69) is 10.3 Å². The Labute approximate surface area is 173 Å². The van der Waals surface area contributed by atoms with Crippen molar-refractivity contribution >= 4 is 45.0 Å². The lowest BCUT2D eigenvalue weighted by atomic mass is 10.2. The van der Waals surface area contributed by atoms with Gasteiger partial charge in [0.1, 0.15) is 6.54 Å². The molecule has 0 atom stereocenters. The van der Waals surface area contributed by atoms with Crippen LogP contribution >= 0.6 is 11.8 Å². The Morgan fingerprint density at radius 1 is 1.21 bits per heavy atom. The van der Waals surface area contributed by atoms with Crippen molar-refractivity contribution in [3.63, 3.8) is 0 Å². The average Bonchev–Trinajstić information content (AvgIpc) is 3.26. The van der Waals surface area contributed by atoms with Crippen LogP contribution < -0.4 is 10.2 Å². The smallest absolute Gasteiger partial charge is 0.244 e. The van der Waals surface area contributed by atoms with Gasteiger partial charge in [0.05, 0.1) is 28.2 Å². The molecule has 0 spiro atoms. The molecule has 29 heavy (non-hydrogen) atoms. The molecule has 8 nitrogen and oxygen atoms in total. The lowest BCUT2D eigenvalue weighted by molar-refractivity contribution is -0.120. The van der Waals surface area contributed by atoms with Crippen LogP contribution in [-0.2, 0) is 19.6 Å². The Morgan fingerprint density at radius 2 is 2.00 bits per heavy atom. The van der Waals surface area contributed by atoms with Crippen LogP contribution in [0.2, 0.25) is 0 Å². The summed E-state index contributed by atoms with van der Waals surface area (Å²) in [6, 6.07) is 8.19. The van der Waals surface area contributed by atoms with Crippen molar-refractivity contribution in [2.75, 3.05) is 35.6 Å². The van der Waals surface area contributed by atoms with Crippen LogP contribution in [0.25, 0.3) is 0 Å². The molecule has 2 aliphatic rings. The van der Waals surface area contributed by atoms with Crippen LogP contribution in [0.15, 0.2) is 52.5 Å². The van der Waals surface area contributed by atoms with Gasteiger partial charge in [-0.3, -0.25) is 14.6 Å². The first kappa shape index (κ1) is 19.9. The molecule has 0 saturated carbocycles. The molecule has 1 aromatic heterocycles. The molecular weight excluding hydrogens is 412 g/mol. The average molecular weight is 433 g/mol. The number of thioether (sulfide) groups is 1. The molecular formula is C19H20N4O4S2. The van der Waals surface area contributed by atoms with Crippen molar-refractivity contribution in [2.45, 2.75) is 22.6 Å². The van der Waals surface area contributed by atoms with Crippen LogP contribution in [-0.4, -0.2) is 54.9 Å². The largest absolute Gasteiger partial charge is 0.323 e. The fraction of sp³-hybridized carbons (Fsp3) is 0.316. The van der Waals surface area contributed by atoms with Gasteiger partial charge in [-0.25, -0.2) is 8.42 Å². The van der Waals surface area contributed by atoms with Crippen molar-refractivity contribution in [3.05, 3.63) is 42.7 Å². The van der Waals surface area contributed by atoms with Gasteiger partial charge in [-0.1, -0.05) is 0 Å². The summed E-state index contributed by atoms with van der Waals surface area (Å²) < 4.78 is 27.3. The molecule has 4 rings (SSSR count). The fourth-order valence-electron chi connectivity index (χ4n) is 3.37. The molecule has 2 aliphatic heterocycles. The number of pyridine rings is 1. The number of hydrogen-bond donors (Lipinski definition) is 1. The number of carbonyl (C=O) groups excluding carboxylic acids is 2. The third-order valence-corrected chi connectivity index (χ3v) is 7.77. The highest BCUT2D eigenvalue weighted by Crippen LogP contribution is 2.37. The monoisotopic (exact) mass is 432 g/mol. The Hall–Kier alpha value is -2.43. The van der Waals surface area contributed by atoms with E-state index in [1.165, 1.54) is 33.2 Å². The number of carbonyl (C=O) groups is 2. The Morgan fingerprint density at radius 3 is 2.72 bits per heavy atom. The molecule has 0 radical (unpaired) electrons. The predicted octanol–water partition coefficient (Wildman–Crippen LogP) is 1.94. The molecule has 2 amide bonds. The highest BCUT2D eigenvalue weighted by Gasteiger charge is 2.31. The highest BCUT2D eigenvalue weighted by atomic mass is 32.2. The number of benzene rings is 1. The van der Waals surface area contributed by atoms with Crippen molar-refractivity contribution in [2.24, 2.45) is 0 Å². The first-order valence-corrected chi connectivity index (χ1v) is 11.6. The summed E-state index contributed by atoms with van der Waals surface area (Å²) >= 11 is 1.34. The van der Waals surface area contributed by atoms with Crippen molar-refractivity contribution in [1.29, 1.82) is 0 Å². The van der Waals surface area contributed by atoms with Gasteiger partial charge in [0.25, 0.3) is 0 Å². The molecule has 1 aromatic carbocycles. The lowest BCUT2D eigenvalue weighted by Crippen LogP contribution is -2.41. The summed E-state index contributed by atoms with van der Waals surface area (Å²) in [6.45, 7) is 0.809. The number of aromatic nitrogens is 1. The first-order valence-electron chi connectivity index (χ1n) is 9.22. The van der Waals surface area contributed by atoms with Crippen LogP contribution in [0, 0.1) is 0 Å². The number of anilines is 2. The van der Waals surface area contributed by atoms with E-state index in [0.29, 0.717) is 24.5 Å².